The van der Waals surface area contributed by atoms with E-state index in [2.05, 4.69) is 47.8 Å². The van der Waals surface area contributed by atoms with Crippen molar-refractivity contribution in [3.8, 4) is 17.6 Å². The van der Waals surface area contributed by atoms with E-state index >= 15 is 0 Å². The molecular weight excluding hydrogens is 492 g/mol. The molecule has 0 N–H and O–H groups in total. The van der Waals surface area contributed by atoms with Crippen LogP contribution in [0.4, 0.5) is 4.39 Å². The Morgan fingerprint density at radius 2 is 1.95 bits per heavy atom. The third-order valence-corrected chi connectivity index (χ3v) is 5.32. The highest BCUT2D eigenvalue weighted by molar-refractivity contribution is 9.13. The predicted molar refractivity (Wildman–Crippen MR) is 90.7 cm³/mol. The lowest BCUT2D eigenvalue weighted by atomic mass is 10.2. The number of halogens is 5. The first-order valence-electron chi connectivity index (χ1n) is 5.57. The smallest absolute Gasteiger partial charge is 0.178 e. The molecule has 21 heavy (non-hydrogen) atoms. The van der Waals surface area contributed by atoms with Gasteiger partial charge in [0, 0.05) is 20.4 Å². The molecule has 0 heterocycles. The second-order valence-corrected chi connectivity index (χ2v) is 6.64. The molecule has 0 aliphatic heterocycles. The maximum absolute atomic E-state index is 14.4. The van der Waals surface area contributed by atoms with Crippen LogP contribution in [0.15, 0.2) is 33.2 Å². The molecule has 2 aromatic carbocycles. The third-order valence-electron chi connectivity index (χ3n) is 2.56. The summed E-state index contributed by atoms with van der Waals surface area (Å²) in [6.07, 6.45) is 0. The van der Waals surface area contributed by atoms with Crippen molar-refractivity contribution >= 4 is 59.4 Å². The Morgan fingerprint density at radius 1 is 1.24 bits per heavy atom. The van der Waals surface area contributed by atoms with E-state index in [0.29, 0.717) is 30.4 Å². The molecule has 2 nitrogen and oxygen atoms in total. The quantitative estimate of drug-likeness (QED) is 0.355. The van der Waals surface area contributed by atoms with Crippen molar-refractivity contribution in [3.63, 3.8) is 0 Å². The zero-order valence-corrected chi connectivity index (χ0v) is 15.8. The Labute approximate surface area is 151 Å². The fourth-order valence-corrected chi connectivity index (χ4v) is 3.08. The Balaban J connectivity index is 2.52. The fraction of sp³-hybridized carbons (Fsp3) is 0.0714. The summed E-state index contributed by atoms with van der Waals surface area (Å²) in [7, 11) is 0. The van der Waals surface area contributed by atoms with Gasteiger partial charge in [-0.15, -0.1) is 0 Å². The molecule has 0 aromatic heterocycles. The molecule has 0 saturated heterocycles. The van der Waals surface area contributed by atoms with E-state index in [9.17, 15) is 4.39 Å². The molecular formula is C14H6Br3ClFNO. The molecule has 0 amide bonds. The van der Waals surface area contributed by atoms with Gasteiger partial charge in [0.2, 0.25) is 0 Å². The van der Waals surface area contributed by atoms with Gasteiger partial charge < -0.3 is 4.74 Å². The molecule has 0 spiro atoms. The van der Waals surface area contributed by atoms with Gasteiger partial charge in [-0.25, -0.2) is 4.39 Å². The van der Waals surface area contributed by atoms with Gasteiger partial charge >= 0.3 is 0 Å². The minimum Gasteiger partial charge on any atom is -0.453 e. The van der Waals surface area contributed by atoms with E-state index in [1.807, 2.05) is 6.07 Å². The lowest BCUT2D eigenvalue weighted by Gasteiger charge is -2.13. The number of alkyl halides is 1. The summed E-state index contributed by atoms with van der Waals surface area (Å²) < 4.78 is 21.1. The van der Waals surface area contributed by atoms with Crippen LogP contribution in [-0.4, -0.2) is 0 Å². The highest BCUT2D eigenvalue weighted by atomic mass is 79.9. The van der Waals surface area contributed by atoms with Gasteiger partial charge in [-0.05, 0) is 56.1 Å². The van der Waals surface area contributed by atoms with Crippen molar-refractivity contribution < 1.29 is 9.13 Å². The summed E-state index contributed by atoms with van der Waals surface area (Å²) >= 11 is 15.8. The molecule has 0 radical (unpaired) electrons. The number of nitriles is 1. The van der Waals surface area contributed by atoms with Crippen molar-refractivity contribution in [1.29, 1.82) is 5.26 Å². The second kappa shape index (κ2) is 7.10. The van der Waals surface area contributed by atoms with E-state index < -0.39 is 5.82 Å². The first-order chi connectivity index (χ1) is 9.96. The zero-order valence-electron chi connectivity index (χ0n) is 10.3. The first-order valence-corrected chi connectivity index (χ1v) is 8.65. The maximum atomic E-state index is 14.4. The highest BCUT2D eigenvalue weighted by Gasteiger charge is 2.18. The minimum absolute atomic E-state index is 0.0324. The molecule has 0 atom stereocenters. The normalized spacial score (nSPS) is 10.3. The number of rotatable bonds is 3. The van der Waals surface area contributed by atoms with Crippen molar-refractivity contribution in [1.82, 2.24) is 0 Å². The van der Waals surface area contributed by atoms with Gasteiger partial charge in [-0.3, -0.25) is 0 Å². The summed E-state index contributed by atoms with van der Waals surface area (Å²) in [5.41, 5.74) is 0.785. The van der Waals surface area contributed by atoms with Crippen LogP contribution < -0.4 is 4.74 Å². The molecule has 2 rings (SSSR count). The Hall–Kier alpha value is -0.610. The van der Waals surface area contributed by atoms with E-state index in [1.165, 1.54) is 18.2 Å². The zero-order chi connectivity index (χ0) is 15.6. The van der Waals surface area contributed by atoms with Gasteiger partial charge in [0.15, 0.2) is 11.6 Å². The number of ether oxygens (including phenoxy) is 1. The highest BCUT2D eigenvalue weighted by Crippen LogP contribution is 2.40. The number of nitrogens with zero attached hydrogens (tertiary/aromatic N) is 1. The van der Waals surface area contributed by atoms with Crippen LogP contribution >= 0.6 is 59.4 Å². The van der Waals surface area contributed by atoms with Gasteiger partial charge in [0.25, 0.3) is 0 Å². The van der Waals surface area contributed by atoms with Gasteiger partial charge in [0.1, 0.15) is 5.75 Å². The first kappa shape index (κ1) is 16.8. The Kier molecular flexibility index (Phi) is 5.67. The van der Waals surface area contributed by atoms with Crippen LogP contribution in [0, 0.1) is 17.1 Å². The van der Waals surface area contributed by atoms with Crippen LogP contribution in [-0.2, 0) is 5.33 Å². The summed E-state index contributed by atoms with van der Waals surface area (Å²) in [6.45, 7) is 0. The average Bonchev–Trinajstić information content (AvgIpc) is 2.46. The summed E-state index contributed by atoms with van der Waals surface area (Å²) in [6, 6.07) is 8.14. The van der Waals surface area contributed by atoms with Crippen molar-refractivity contribution in [2.45, 2.75) is 5.33 Å². The van der Waals surface area contributed by atoms with E-state index in [4.69, 9.17) is 21.6 Å². The number of hydrogen-bond acceptors (Lipinski definition) is 2. The van der Waals surface area contributed by atoms with E-state index in [0.717, 1.165) is 0 Å². The maximum Gasteiger partial charge on any atom is 0.178 e. The lowest BCUT2D eigenvalue weighted by molar-refractivity contribution is 0.436. The monoisotopic (exact) mass is 495 g/mol. The van der Waals surface area contributed by atoms with Crippen LogP contribution in [0.5, 0.6) is 11.5 Å². The number of hydrogen-bond donors (Lipinski definition) is 0. The Bertz CT molecular complexity index is 746. The topological polar surface area (TPSA) is 33.0 Å². The van der Waals surface area contributed by atoms with Gasteiger partial charge in [-0.1, -0.05) is 27.5 Å². The average molecular weight is 498 g/mol. The summed E-state index contributed by atoms with van der Waals surface area (Å²) in [5.74, 6) is -0.164. The molecule has 0 aliphatic carbocycles. The van der Waals surface area contributed by atoms with Crippen LogP contribution in [0.3, 0.4) is 0 Å². The SMILES string of the molecule is N#Cc1cc(Cl)cc(Oc2c(F)c(CBr)cc(Br)c2Br)c1. The van der Waals surface area contributed by atoms with Crippen LogP contribution in [0.1, 0.15) is 11.1 Å². The predicted octanol–water partition coefficient (Wildman–Crippen LogP) is 6.56. The van der Waals surface area contributed by atoms with Crippen molar-refractivity contribution in [3.05, 3.63) is 55.2 Å². The summed E-state index contributed by atoms with van der Waals surface area (Å²) in [5, 5.41) is 9.62. The largest absolute Gasteiger partial charge is 0.453 e. The summed E-state index contributed by atoms with van der Waals surface area (Å²) in [4.78, 5) is 0. The third kappa shape index (κ3) is 3.78. The van der Waals surface area contributed by atoms with Gasteiger partial charge in [0.05, 0.1) is 16.1 Å². The minimum atomic E-state index is -0.486. The van der Waals surface area contributed by atoms with Crippen LogP contribution in [0.25, 0.3) is 0 Å². The second-order valence-electron chi connectivity index (χ2n) is 4.00. The number of benzene rings is 2. The van der Waals surface area contributed by atoms with E-state index in [1.54, 1.807) is 6.07 Å². The van der Waals surface area contributed by atoms with E-state index in [-0.39, 0.29) is 11.5 Å². The molecule has 108 valence electrons. The molecule has 2 aromatic rings. The Morgan fingerprint density at radius 3 is 2.57 bits per heavy atom. The molecule has 7 heteroatoms. The molecule has 0 bridgehead atoms. The molecule has 0 unspecified atom stereocenters. The van der Waals surface area contributed by atoms with Crippen molar-refractivity contribution in [2.75, 3.05) is 0 Å². The fourth-order valence-electron chi connectivity index (χ4n) is 1.62. The standard InChI is InChI=1S/C14H6Br3ClFNO/c15-5-8-3-11(16)12(17)14(13(8)19)21-10-2-7(6-20)1-9(18)4-10/h1-4H,5H2. The van der Waals surface area contributed by atoms with Crippen LogP contribution in [0.2, 0.25) is 5.02 Å². The van der Waals surface area contributed by atoms with Crippen molar-refractivity contribution in [2.24, 2.45) is 0 Å². The molecule has 0 saturated carbocycles. The molecule has 0 fully saturated rings. The van der Waals surface area contributed by atoms with Gasteiger partial charge in [-0.2, -0.15) is 5.26 Å². The lowest BCUT2D eigenvalue weighted by Crippen LogP contribution is -1.96. The molecule has 0 aliphatic rings.